The Balaban J connectivity index is 2.46. The van der Waals surface area contributed by atoms with E-state index in [1.807, 2.05) is 4.90 Å². The highest BCUT2D eigenvalue weighted by atomic mass is 32.2. The lowest BCUT2D eigenvalue weighted by molar-refractivity contribution is -0.131. The number of carbonyl (C=O) groups is 1. The minimum absolute atomic E-state index is 0.00947. The summed E-state index contributed by atoms with van der Waals surface area (Å²) >= 11 is 0. The molecule has 1 unspecified atom stereocenters. The van der Waals surface area contributed by atoms with Gasteiger partial charge in [-0.25, -0.2) is 8.42 Å². The van der Waals surface area contributed by atoms with E-state index in [-0.39, 0.29) is 18.1 Å². The average Bonchev–Trinajstić information content (AvgIpc) is 2.60. The number of nitrogens with zero attached hydrogens (tertiary/aromatic N) is 1. The van der Waals surface area contributed by atoms with Crippen molar-refractivity contribution in [2.24, 2.45) is 0 Å². The van der Waals surface area contributed by atoms with Gasteiger partial charge in [0.25, 0.3) is 0 Å². The second-order valence-corrected chi connectivity index (χ2v) is 6.43. The first kappa shape index (κ1) is 12.5. The van der Waals surface area contributed by atoms with Crippen molar-refractivity contribution < 1.29 is 13.2 Å². The average molecular weight is 233 g/mol. The molecular weight excluding hydrogens is 214 g/mol. The van der Waals surface area contributed by atoms with Crippen LogP contribution < -0.4 is 0 Å². The van der Waals surface area contributed by atoms with Crippen LogP contribution in [-0.2, 0) is 14.6 Å². The first-order valence-electron chi connectivity index (χ1n) is 5.41. The van der Waals surface area contributed by atoms with Gasteiger partial charge in [-0.2, -0.15) is 0 Å². The van der Waals surface area contributed by atoms with Crippen molar-refractivity contribution in [2.75, 3.05) is 18.6 Å². The van der Waals surface area contributed by atoms with Crippen LogP contribution in [0.15, 0.2) is 0 Å². The Bertz CT molecular complexity index is 324. The van der Waals surface area contributed by atoms with Gasteiger partial charge < -0.3 is 4.90 Å². The first-order chi connectivity index (χ1) is 6.94. The molecule has 0 bridgehead atoms. The van der Waals surface area contributed by atoms with Crippen molar-refractivity contribution in [2.45, 2.75) is 38.6 Å². The Hall–Kier alpha value is -0.580. The third kappa shape index (κ3) is 3.81. The van der Waals surface area contributed by atoms with Crippen LogP contribution >= 0.6 is 0 Å². The monoisotopic (exact) mass is 233 g/mol. The molecule has 4 nitrogen and oxygen atoms in total. The molecule has 0 radical (unpaired) electrons. The summed E-state index contributed by atoms with van der Waals surface area (Å²) in [5.41, 5.74) is 0. The number of likely N-dealkylation sites (tertiary alicyclic amines) is 1. The second kappa shape index (κ2) is 4.96. The summed E-state index contributed by atoms with van der Waals surface area (Å²) in [6.07, 6.45) is 4.37. The molecule has 1 fully saturated rings. The van der Waals surface area contributed by atoms with Crippen molar-refractivity contribution in [3.05, 3.63) is 0 Å². The number of rotatable bonds is 4. The molecule has 0 N–H and O–H groups in total. The maximum Gasteiger partial charge on any atom is 0.223 e. The van der Waals surface area contributed by atoms with Gasteiger partial charge >= 0.3 is 0 Å². The summed E-state index contributed by atoms with van der Waals surface area (Å²) in [7, 11) is -3.02. The van der Waals surface area contributed by atoms with Crippen LogP contribution in [0.1, 0.15) is 32.6 Å². The van der Waals surface area contributed by atoms with Crippen molar-refractivity contribution in [1.82, 2.24) is 4.90 Å². The third-order valence-electron chi connectivity index (χ3n) is 2.86. The molecule has 1 aliphatic heterocycles. The predicted octanol–water partition coefficient (Wildman–Crippen LogP) is 0.822. The van der Waals surface area contributed by atoms with E-state index in [2.05, 4.69) is 6.92 Å². The zero-order chi connectivity index (χ0) is 11.5. The highest BCUT2D eigenvalue weighted by Crippen LogP contribution is 2.20. The third-order valence-corrected chi connectivity index (χ3v) is 3.80. The maximum atomic E-state index is 11.7. The quantitative estimate of drug-likeness (QED) is 0.722. The molecule has 1 aliphatic rings. The first-order valence-corrected chi connectivity index (χ1v) is 7.47. The van der Waals surface area contributed by atoms with Gasteiger partial charge in [-0.05, 0) is 19.3 Å². The summed E-state index contributed by atoms with van der Waals surface area (Å²) < 4.78 is 21.9. The fraction of sp³-hybridized carbons (Fsp3) is 0.900. The van der Waals surface area contributed by atoms with Crippen molar-refractivity contribution >= 4 is 15.7 Å². The molecule has 1 heterocycles. The number of sulfone groups is 1. The summed E-state index contributed by atoms with van der Waals surface area (Å²) in [5, 5.41) is 0. The van der Waals surface area contributed by atoms with Crippen molar-refractivity contribution in [3.8, 4) is 0 Å². The maximum absolute atomic E-state index is 11.7. The molecule has 0 spiro atoms. The van der Waals surface area contributed by atoms with Crippen LogP contribution in [0.4, 0.5) is 0 Å². The van der Waals surface area contributed by atoms with E-state index in [0.717, 1.165) is 25.8 Å². The van der Waals surface area contributed by atoms with E-state index in [9.17, 15) is 13.2 Å². The number of carbonyl (C=O) groups excluding carboxylic acids is 1. The van der Waals surface area contributed by atoms with Gasteiger partial charge in [-0.3, -0.25) is 4.79 Å². The van der Waals surface area contributed by atoms with Gasteiger partial charge in [0, 0.05) is 25.3 Å². The van der Waals surface area contributed by atoms with Gasteiger partial charge in [-0.1, -0.05) is 6.92 Å². The lowest BCUT2D eigenvalue weighted by Gasteiger charge is -2.23. The summed E-state index contributed by atoms with van der Waals surface area (Å²) in [6.45, 7) is 2.86. The Morgan fingerprint density at radius 1 is 1.47 bits per heavy atom. The fourth-order valence-electron chi connectivity index (χ4n) is 2.00. The van der Waals surface area contributed by atoms with E-state index in [0.29, 0.717) is 6.04 Å². The van der Waals surface area contributed by atoms with E-state index < -0.39 is 9.84 Å². The highest BCUT2D eigenvalue weighted by molar-refractivity contribution is 7.90. The highest BCUT2D eigenvalue weighted by Gasteiger charge is 2.27. The van der Waals surface area contributed by atoms with Crippen molar-refractivity contribution in [1.29, 1.82) is 0 Å². The molecule has 1 saturated heterocycles. The molecule has 1 amide bonds. The van der Waals surface area contributed by atoms with Crippen LogP contribution in [0, 0.1) is 0 Å². The SMILES string of the molecule is CCC1CCCN1C(=O)CCS(C)(=O)=O. The lowest BCUT2D eigenvalue weighted by Crippen LogP contribution is -2.35. The molecule has 1 atom stereocenters. The Kier molecular flexibility index (Phi) is 4.13. The van der Waals surface area contributed by atoms with Gasteiger partial charge in [-0.15, -0.1) is 0 Å². The molecule has 88 valence electrons. The number of hydrogen-bond acceptors (Lipinski definition) is 3. The molecule has 0 saturated carbocycles. The molecular formula is C10H19NO3S. The Morgan fingerprint density at radius 2 is 2.13 bits per heavy atom. The van der Waals surface area contributed by atoms with Gasteiger partial charge in [0.2, 0.25) is 5.91 Å². The Labute approximate surface area is 91.6 Å². The lowest BCUT2D eigenvalue weighted by atomic mass is 10.1. The van der Waals surface area contributed by atoms with E-state index in [1.165, 1.54) is 6.26 Å². The molecule has 1 rings (SSSR count). The van der Waals surface area contributed by atoms with Crippen LogP contribution in [0.3, 0.4) is 0 Å². The normalized spacial score (nSPS) is 22.0. The molecule has 0 aliphatic carbocycles. The van der Waals surface area contributed by atoms with E-state index in [1.54, 1.807) is 0 Å². The minimum atomic E-state index is -3.02. The molecule has 0 aromatic carbocycles. The van der Waals surface area contributed by atoms with Crippen LogP contribution in [0.5, 0.6) is 0 Å². The van der Waals surface area contributed by atoms with Gasteiger partial charge in [0.05, 0.1) is 5.75 Å². The fourth-order valence-corrected chi connectivity index (χ4v) is 2.55. The largest absolute Gasteiger partial charge is 0.340 e. The molecule has 15 heavy (non-hydrogen) atoms. The molecule has 0 aromatic rings. The van der Waals surface area contributed by atoms with E-state index in [4.69, 9.17) is 0 Å². The van der Waals surface area contributed by atoms with E-state index >= 15 is 0 Å². The van der Waals surface area contributed by atoms with Crippen LogP contribution in [0.2, 0.25) is 0 Å². The number of hydrogen-bond donors (Lipinski definition) is 0. The summed E-state index contributed by atoms with van der Waals surface area (Å²) in [6, 6.07) is 0.331. The number of amides is 1. The van der Waals surface area contributed by atoms with Gasteiger partial charge in [0.15, 0.2) is 0 Å². The minimum Gasteiger partial charge on any atom is -0.340 e. The topological polar surface area (TPSA) is 54.5 Å². The molecule has 5 heteroatoms. The van der Waals surface area contributed by atoms with Crippen LogP contribution in [-0.4, -0.2) is 43.8 Å². The summed E-state index contributed by atoms with van der Waals surface area (Å²) in [4.78, 5) is 13.6. The van der Waals surface area contributed by atoms with Crippen molar-refractivity contribution in [3.63, 3.8) is 0 Å². The van der Waals surface area contributed by atoms with Gasteiger partial charge in [0.1, 0.15) is 9.84 Å². The zero-order valence-corrected chi connectivity index (χ0v) is 10.2. The Morgan fingerprint density at radius 3 is 2.67 bits per heavy atom. The second-order valence-electron chi connectivity index (χ2n) is 4.17. The standard InChI is InChI=1S/C10H19NO3S/c1-3-9-5-4-7-11(9)10(12)6-8-15(2,13)14/h9H,3-8H2,1-2H3. The predicted molar refractivity (Wildman–Crippen MR) is 59.4 cm³/mol. The molecule has 0 aromatic heterocycles. The zero-order valence-electron chi connectivity index (χ0n) is 9.40. The smallest absolute Gasteiger partial charge is 0.223 e. The van der Waals surface area contributed by atoms with Crippen LogP contribution in [0.25, 0.3) is 0 Å². The summed E-state index contributed by atoms with van der Waals surface area (Å²) in [5.74, 6) is -0.0385.